The van der Waals surface area contributed by atoms with Gasteiger partial charge in [-0.15, -0.1) is 0 Å². The average molecular weight is 454 g/mol. The lowest BCUT2D eigenvalue weighted by Crippen LogP contribution is -2.29. The molecule has 0 bridgehead atoms. The summed E-state index contributed by atoms with van der Waals surface area (Å²) in [6.45, 7) is 6.70. The van der Waals surface area contributed by atoms with Crippen molar-refractivity contribution in [3.05, 3.63) is 105 Å². The number of anilines is 1. The smallest absolute Gasteiger partial charge is 0.295 e. The third kappa shape index (κ3) is 3.77. The fraction of sp³-hybridized carbons (Fsp3) is 0.241. The van der Waals surface area contributed by atoms with Gasteiger partial charge in [0.2, 0.25) is 5.76 Å². The van der Waals surface area contributed by atoms with E-state index in [1.54, 1.807) is 11.0 Å². The molecule has 4 aromatic rings. The van der Waals surface area contributed by atoms with E-state index < -0.39 is 6.04 Å². The van der Waals surface area contributed by atoms with E-state index in [0.29, 0.717) is 23.1 Å². The van der Waals surface area contributed by atoms with Gasteiger partial charge in [0.05, 0.1) is 23.6 Å². The summed E-state index contributed by atoms with van der Waals surface area (Å²) in [7, 11) is 0. The number of rotatable bonds is 6. The molecule has 0 spiro atoms. The second-order valence-electron chi connectivity index (χ2n) is 8.86. The summed E-state index contributed by atoms with van der Waals surface area (Å²) in [5, 5.41) is 0.488. The Balaban J connectivity index is 1.68. The number of amides is 1. The Labute approximate surface area is 198 Å². The van der Waals surface area contributed by atoms with Crippen molar-refractivity contribution in [3.8, 4) is 5.75 Å². The predicted molar refractivity (Wildman–Crippen MR) is 134 cm³/mol. The van der Waals surface area contributed by atoms with Crippen molar-refractivity contribution in [1.29, 1.82) is 0 Å². The highest BCUT2D eigenvalue weighted by Gasteiger charge is 2.43. The molecule has 34 heavy (non-hydrogen) atoms. The molecule has 5 heteroatoms. The fourth-order valence-electron chi connectivity index (χ4n) is 4.53. The normalized spacial score (nSPS) is 15.1. The molecule has 5 nitrogen and oxygen atoms in total. The van der Waals surface area contributed by atoms with Gasteiger partial charge in [0, 0.05) is 5.69 Å². The number of nitrogens with zero attached hydrogens (tertiary/aromatic N) is 1. The number of ether oxygens (including phenoxy) is 1. The zero-order chi connectivity index (χ0) is 23.8. The van der Waals surface area contributed by atoms with Crippen molar-refractivity contribution in [2.75, 3.05) is 11.5 Å². The molecule has 0 saturated carbocycles. The van der Waals surface area contributed by atoms with Crippen molar-refractivity contribution >= 4 is 22.6 Å². The summed E-state index contributed by atoms with van der Waals surface area (Å²) in [4.78, 5) is 29.1. The van der Waals surface area contributed by atoms with Crippen LogP contribution in [0.25, 0.3) is 11.0 Å². The van der Waals surface area contributed by atoms with Crippen LogP contribution in [0, 0.1) is 13.8 Å². The molecule has 1 atom stereocenters. The van der Waals surface area contributed by atoms with E-state index in [1.165, 1.54) is 0 Å². The first kappa shape index (κ1) is 22.0. The highest BCUT2D eigenvalue weighted by Crippen LogP contribution is 2.41. The van der Waals surface area contributed by atoms with E-state index >= 15 is 0 Å². The molecule has 0 fully saturated rings. The highest BCUT2D eigenvalue weighted by atomic mass is 16.5. The van der Waals surface area contributed by atoms with E-state index in [0.717, 1.165) is 41.0 Å². The summed E-state index contributed by atoms with van der Waals surface area (Å²) >= 11 is 0. The van der Waals surface area contributed by atoms with Crippen LogP contribution in [-0.4, -0.2) is 12.5 Å². The lowest BCUT2D eigenvalue weighted by Gasteiger charge is -2.25. The molecule has 1 unspecified atom stereocenters. The van der Waals surface area contributed by atoms with Gasteiger partial charge in [-0.05, 0) is 67.8 Å². The third-order valence-electron chi connectivity index (χ3n) is 6.27. The minimum Gasteiger partial charge on any atom is -0.494 e. The average Bonchev–Trinajstić information content (AvgIpc) is 3.13. The molecular weight excluding hydrogens is 426 g/mol. The molecule has 1 amide bonds. The van der Waals surface area contributed by atoms with Gasteiger partial charge in [-0.2, -0.15) is 0 Å². The van der Waals surface area contributed by atoms with Crippen LogP contribution in [0.2, 0.25) is 0 Å². The SMILES string of the molecule is CCCCOc1ccc(C2c3c(oc4ccc(C)cc4c3=O)C(=O)N2c2cccc(C)c2)cc1. The molecule has 0 saturated heterocycles. The Morgan fingerprint density at radius 1 is 0.941 bits per heavy atom. The zero-order valence-electron chi connectivity index (χ0n) is 19.6. The minimum absolute atomic E-state index is 0.108. The standard InChI is InChI=1S/C29H27NO4/c1-4-5-15-33-22-12-10-20(11-13-22)26-25-27(31)23-17-19(3)9-14-24(23)34-28(25)29(32)30(26)21-8-6-7-18(2)16-21/h6-14,16-17,26H,4-5,15H2,1-3H3. The largest absolute Gasteiger partial charge is 0.494 e. The monoisotopic (exact) mass is 453 g/mol. The number of hydrogen-bond donors (Lipinski definition) is 0. The maximum atomic E-state index is 13.7. The predicted octanol–water partition coefficient (Wildman–Crippen LogP) is 6.34. The summed E-state index contributed by atoms with van der Waals surface area (Å²) in [5.74, 6) is 0.564. The molecule has 172 valence electrons. The van der Waals surface area contributed by atoms with Crippen LogP contribution >= 0.6 is 0 Å². The summed E-state index contributed by atoms with van der Waals surface area (Å²) in [5.41, 5.74) is 4.18. The molecule has 1 aliphatic rings. The minimum atomic E-state index is -0.588. The van der Waals surface area contributed by atoms with Gasteiger partial charge < -0.3 is 9.15 Å². The van der Waals surface area contributed by atoms with Gasteiger partial charge in [0.25, 0.3) is 5.91 Å². The van der Waals surface area contributed by atoms with E-state index in [-0.39, 0.29) is 17.1 Å². The molecule has 0 N–H and O–H groups in total. The van der Waals surface area contributed by atoms with Crippen molar-refractivity contribution in [3.63, 3.8) is 0 Å². The van der Waals surface area contributed by atoms with Crippen molar-refractivity contribution in [2.45, 2.75) is 39.7 Å². The second kappa shape index (κ2) is 8.82. The van der Waals surface area contributed by atoms with Gasteiger partial charge in [0.1, 0.15) is 11.3 Å². The Morgan fingerprint density at radius 3 is 2.44 bits per heavy atom. The first-order valence-corrected chi connectivity index (χ1v) is 11.7. The molecule has 0 aliphatic carbocycles. The van der Waals surface area contributed by atoms with Crippen LogP contribution in [0.3, 0.4) is 0 Å². The quantitative estimate of drug-likeness (QED) is 0.320. The van der Waals surface area contributed by atoms with E-state index in [1.807, 2.05) is 74.5 Å². The summed E-state index contributed by atoms with van der Waals surface area (Å²) in [6, 6.07) is 20.3. The van der Waals surface area contributed by atoms with E-state index in [9.17, 15) is 9.59 Å². The number of unbranched alkanes of at least 4 members (excludes halogenated alkanes) is 1. The lowest BCUT2D eigenvalue weighted by molar-refractivity contribution is 0.0971. The molecule has 3 aromatic carbocycles. The maximum Gasteiger partial charge on any atom is 0.295 e. The molecule has 2 heterocycles. The van der Waals surface area contributed by atoms with Crippen LogP contribution in [0.1, 0.15) is 58.6 Å². The maximum absolute atomic E-state index is 13.7. The van der Waals surface area contributed by atoms with Crippen LogP contribution < -0.4 is 15.1 Å². The van der Waals surface area contributed by atoms with Crippen molar-refractivity contribution in [2.24, 2.45) is 0 Å². The second-order valence-corrected chi connectivity index (χ2v) is 8.86. The molecular formula is C29H27NO4. The number of benzene rings is 3. The Bertz CT molecular complexity index is 1440. The first-order chi connectivity index (χ1) is 16.5. The van der Waals surface area contributed by atoms with Crippen LogP contribution in [0.5, 0.6) is 5.75 Å². The first-order valence-electron chi connectivity index (χ1n) is 11.7. The zero-order valence-corrected chi connectivity index (χ0v) is 19.6. The Morgan fingerprint density at radius 2 is 1.71 bits per heavy atom. The number of hydrogen-bond acceptors (Lipinski definition) is 4. The van der Waals surface area contributed by atoms with Crippen molar-refractivity contribution in [1.82, 2.24) is 0 Å². The molecule has 5 rings (SSSR count). The third-order valence-corrected chi connectivity index (χ3v) is 6.27. The van der Waals surface area contributed by atoms with Crippen LogP contribution in [-0.2, 0) is 0 Å². The van der Waals surface area contributed by atoms with Gasteiger partial charge in [-0.1, -0.05) is 49.2 Å². The lowest BCUT2D eigenvalue weighted by atomic mass is 9.97. The van der Waals surface area contributed by atoms with E-state index in [2.05, 4.69) is 6.92 Å². The number of aryl methyl sites for hydroxylation is 2. The number of carbonyl (C=O) groups is 1. The van der Waals surface area contributed by atoms with Gasteiger partial charge in [0.15, 0.2) is 5.43 Å². The van der Waals surface area contributed by atoms with E-state index in [4.69, 9.17) is 9.15 Å². The topological polar surface area (TPSA) is 59.8 Å². The van der Waals surface area contributed by atoms with Gasteiger partial charge in [-0.3, -0.25) is 14.5 Å². The molecule has 1 aromatic heterocycles. The van der Waals surface area contributed by atoms with Gasteiger partial charge >= 0.3 is 0 Å². The number of carbonyl (C=O) groups excluding carboxylic acids is 1. The molecule has 1 aliphatic heterocycles. The van der Waals surface area contributed by atoms with Crippen molar-refractivity contribution < 1.29 is 13.9 Å². The molecule has 0 radical (unpaired) electrons. The summed E-state index contributed by atoms with van der Waals surface area (Å²) < 4.78 is 11.9. The highest BCUT2D eigenvalue weighted by molar-refractivity contribution is 6.10. The van der Waals surface area contributed by atoms with Crippen LogP contribution in [0.4, 0.5) is 5.69 Å². The summed E-state index contributed by atoms with van der Waals surface area (Å²) in [6.07, 6.45) is 2.05. The fourth-order valence-corrected chi connectivity index (χ4v) is 4.53. The van der Waals surface area contributed by atoms with Gasteiger partial charge in [-0.25, -0.2) is 0 Å². The number of fused-ring (bicyclic) bond motifs is 2. The Hall–Kier alpha value is -3.86. The Kier molecular flexibility index (Phi) is 5.70. The van der Waals surface area contributed by atoms with Crippen LogP contribution in [0.15, 0.2) is 75.9 Å².